The van der Waals surface area contributed by atoms with Crippen LogP contribution in [0.15, 0.2) is 4.79 Å². The average molecular weight is 231 g/mol. The zero-order valence-corrected chi connectivity index (χ0v) is 8.36. The Morgan fingerprint density at radius 3 is 2.94 bits per heavy atom. The third-order valence-electron chi connectivity index (χ3n) is 2.45. The van der Waals surface area contributed by atoms with Crippen molar-refractivity contribution in [2.75, 3.05) is 13.2 Å². The number of ether oxygens (including phenoxy) is 1. The molecule has 0 radical (unpaired) electrons. The monoisotopic (exact) mass is 231 g/mol. The summed E-state index contributed by atoms with van der Waals surface area (Å²) in [5, 5.41) is 13.1. The second kappa shape index (κ2) is 4.09. The van der Waals surface area contributed by atoms with Gasteiger partial charge in [0.1, 0.15) is 5.69 Å². The van der Waals surface area contributed by atoms with E-state index in [0.717, 1.165) is 4.68 Å². The smallest absolute Gasteiger partial charge is 0.355 e. The van der Waals surface area contributed by atoms with E-state index in [4.69, 9.17) is 10.2 Å². The first kappa shape index (κ1) is 6.85. The molecule has 0 spiro atoms. The number of hydrogen-bond acceptors (Lipinski definition) is 4. The maximum absolute atomic E-state index is 11.7. The second-order valence-corrected chi connectivity index (χ2v) is 3.41. The lowest BCUT2D eigenvalue weighted by molar-refractivity contribution is -0.386. The number of H-pyrrole nitrogens is 1. The van der Waals surface area contributed by atoms with Crippen LogP contribution in [0.1, 0.15) is 30.0 Å². The van der Waals surface area contributed by atoms with Crippen LogP contribution in [0.3, 0.4) is 0 Å². The first-order chi connectivity index (χ1) is 9.17. The molecule has 1 N–H and O–H groups in total. The number of nitrogens with zero attached hydrogens (tertiary/aromatic N) is 2. The first-order valence-corrected chi connectivity index (χ1v) is 4.75. The van der Waals surface area contributed by atoms with Crippen LogP contribution in [0.2, 0.25) is 0 Å². The van der Waals surface area contributed by atoms with Crippen molar-refractivity contribution >= 4 is 5.69 Å². The Labute approximate surface area is 96.8 Å². The Morgan fingerprint density at radius 2 is 2.38 bits per heavy atom. The van der Waals surface area contributed by atoms with E-state index in [1.165, 1.54) is 0 Å². The molecule has 0 aliphatic carbocycles. The lowest BCUT2D eigenvalue weighted by atomic mass is 10.1. The molecule has 0 aromatic carbocycles. The molecule has 1 aliphatic heterocycles. The number of aromatic nitrogens is 2. The predicted octanol–water partition coefficient (Wildman–Crippen LogP) is 0.745. The van der Waals surface area contributed by atoms with Crippen LogP contribution < -0.4 is 5.56 Å². The number of nitrogens with one attached hydrogen (secondary N) is 1. The molecule has 0 bridgehead atoms. The van der Waals surface area contributed by atoms with Gasteiger partial charge in [-0.05, 0) is 19.7 Å². The molecule has 0 atom stereocenters. The van der Waals surface area contributed by atoms with Gasteiger partial charge in [-0.15, -0.1) is 0 Å². The van der Waals surface area contributed by atoms with E-state index in [-0.39, 0.29) is 26.1 Å². The quantitative estimate of drug-likeness (QED) is 0.600. The van der Waals surface area contributed by atoms with Crippen molar-refractivity contribution in [3.8, 4) is 0 Å². The standard InChI is InChI=1S/C9H13N3O4/c1-6-8(12(14)15)9(13)10-11(6)7-2-4-16-5-3-7/h7H,2-5H2,1H3,(H,10,13)/i1D3,7D. The molecule has 1 aromatic rings. The summed E-state index contributed by atoms with van der Waals surface area (Å²) in [5.74, 6) is 0. The van der Waals surface area contributed by atoms with Crippen LogP contribution in [0.5, 0.6) is 0 Å². The fourth-order valence-electron chi connectivity index (χ4n) is 1.66. The summed E-state index contributed by atoms with van der Waals surface area (Å²) in [6.45, 7) is -2.43. The zero-order valence-electron chi connectivity index (χ0n) is 12.4. The molecule has 1 saturated heterocycles. The molecule has 0 unspecified atom stereocenters. The Morgan fingerprint density at radius 1 is 1.69 bits per heavy atom. The normalized spacial score (nSPS) is 24.0. The van der Waals surface area contributed by atoms with Gasteiger partial charge in [-0.2, -0.15) is 0 Å². The fourth-order valence-corrected chi connectivity index (χ4v) is 1.66. The summed E-state index contributed by atoms with van der Waals surface area (Å²) in [6.07, 6.45) is 0.274. The highest BCUT2D eigenvalue weighted by Crippen LogP contribution is 2.23. The number of aromatic amines is 1. The minimum absolute atomic E-state index is 0.137. The van der Waals surface area contributed by atoms with E-state index in [1.54, 1.807) is 0 Å². The summed E-state index contributed by atoms with van der Waals surface area (Å²) in [6, 6.07) is -1.46. The molecule has 0 amide bonds. The van der Waals surface area contributed by atoms with Gasteiger partial charge in [0.2, 0.25) is 0 Å². The van der Waals surface area contributed by atoms with Crippen molar-refractivity contribution in [1.29, 1.82) is 0 Å². The molecule has 1 aliphatic rings. The molecule has 7 nitrogen and oxygen atoms in total. The van der Waals surface area contributed by atoms with Gasteiger partial charge in [-0.3, -0.25) is 24.7 Å². The van der Waals surface area contributed by atoms with Gasteiger partial charge in [-0.25, -0.2) is 0 Å². The average Bonchev–Trinajstić information content (AvgIpc) is 2.68. The minimum atomic E-state index is -2.87. The van der Waals surface area contributed by atoms with Gasteiger partial charge in [0.15, 0.2) is 0 Å². The molecule has 16 heavy (non-hydrogen) atoms. The number of hydrogen-bond donors (Lipinski definition) is 1. The Balaban J connectivity index is 2.68. The van der Waals surface area contributed by atoms with Crippen molar-refractivity contribution < 1.29 is 15.1 Å². The predicted molar refractivity (Wildman–Crippen MR) is 55.5 cm³/mol. The molecule has 1 fully saturated rings. The van der Waals surface area contributed by atoms with Crippen LogP contribution in [-0.4, -0.2) is 27.9 Å². The number of rotatable bonds is 2. The maximum atomic E-state index is 11.7. The van der Waals surface area contributed by atoms with Crippen molar-refractivity contribution in [3.63, 3.8) is 0 Å². The summed E-state index contributed by atoms with van der Waals surface area (Å²) in [5.41, 5.74) is -2.87. The largest absolute Gasteiger partial charge is 0.381 e. The first-order valence-electron chi connectivity index (χ1n) is 6.75. The lowest BCUT2D eigenvalue weighted by Gasteiger charge is -2.23. The fraction of sp³-hybridized carbons (Fsp3) is 0.667. The topological polar surface area (TPSA) is 90.2 Å². The van der Waals surface area contributed by atoms with E-state index in [9.17, 15) is 14.9 Å². The Hall–Kier alpha value is -1.63. The molecular weight excluding hydrogens is 214 g/mol. The van der Waals surface area contributed by atoms with Gasteiger partial charge >= 0.3 is 11.2 Å². The van der Waals surface area contributed by atoms with Crippen LogP contribution in [-0.2, 0) is 4.74 Å². The van der Waals surface area contributed by atoms with Gasteiger partial charge in [0.25, 0.3) is 0 Å². The molecule has 88 valence electrons. The van der Waals surface area contributed by atoms with E-state index in [0.29, 0.717) is 0 Å². The molecule has 1 aromatic heterocycles. The van der Waals surface area contributed by atoms with E-state index >= 15 is 0 Å². The summed E-state index contributed by atoms with van der Waals surface area (Å²) >= 11 is 0. The van der Waals surface area contributed by atoms with E-state index < -0.39 is 34.7 Å². The lowest BCUT2D eigenvalue weighted by Crippen LogP contribution is -2.22. The zero-order chi connectivity index (χ0) is 15.1. The highest BCUT2D eigenvalue weighted by Gasteiger charge is 2.26. The summed E-state index contributed by atoms with van der Waals surface area (Å²) in [4.78, 5) is 21.5. The Kier molecular flexibility index (Phi) is 1.75. The van der Waals surface area contributed by atoms with Crippen molar-refractivity contribution in [2.24, 2.45) is 0 Å². The van der Waals surface area contributed by atoms with Gasteiger partial charge < -0.3 is 4.74 Å². The van der Waals surface area contributed by atoms with Gasteiger partial charge in [0, 0.05) is 17.3 Å². The van der Waals surface area contributed by atoms with Crippen molar-refractivity contribution in [3.05, 3.63) is 26.2 Å². The molecule has 2 heterocycles. The van der Waals surface area contributed by atoms with Crippen molar-refractivity contribution in [1.82, 2.24) is 9.78 Å². The van der Waals surface area contributed by atoms with E-state index in [1.807, 2.05) is 0 Å². The third-order valence-corrected chi connectivity index (χ3v) is 2.45. The van der Waals surface area contributed by atoms with Crippen LogP contribution >= 0.6 is 0 Å². The highest BCUT2D eigenvalue weighted by atomic mass is 16.6. The summed E-state index contributed by atoms with van der Waals surface area (Å²) in [7, 11) is 0. The van der Waals surface area contributed by atoms with E-state index in [2.05, 4.69) is 5.10 Å². The van der Waals surface area contributed by atoms with Gasteiger partial charge in [0.05, 0.1) is 12.3 Å². The van der Waals surface area contributed by atoms with Crippen LogP contribution in [0, 0.1) is 17.0 Å². The minimum Gasteiger partial charge on any atom is -0.381 e. The molecule has 2 rings (SSSR count). The van der Waals surface area contributed by atoms with Gasteiger partial charge in [-0.1, -0.05) is 0 Å². The van der Waals surface area contributed by atoms with Crippen LogP contribution in [0.4, 0.5) is 5.69 Å². The third kappa shape index (κ3) is 1.73. The summed E-state index contributed by atoms with van der Waals surface area (Å²) < 4.78 is 36.4. The highest BCUT2D eigenvalue weighted by molar-refractivity contribution is 5.32. The molecular formula is C9H13N3O4. The molecule has 7 heteroatoms. The molecule has 0 saturated carbocycles. The van der Waals surface area contributed by atoms with Crippen molar-refractivity contribution in [2.45, 2.75) is 25.7 Å². The Bertz CT molecular complexity index is 585. The second-order valence-electron chi connectivity index (χ2n) is 3.41. The van der Waals surface area contributed by atoms with Crippen LogP contribution in [0.25, 0.3) is 0 Å². The SMILES string of the molecule is [2H]C([2H])([2H])c1c([N+](=O)[O-])c(=O)[nH]n1C1([2H])CCOCC1. The maximum Gasteiger partial charge on any atom is 0.355 e. The number of nitro groups is 1.